The van der Waals surface area contributed by atoms with Crippen LogP contribution >= 0.6 is 11.3 Å². The zero-order chi connectivity index (χ0) is 14.8. The van der Waals surface area contributed by atoms with Crippen molar-refractivity contribution in [1.29, 1.82) is 0 Å². The van der Waals surface area contributed by atoms with Crippen molar-refractivity contribution < 1.29 is 14.4 Å². The van der Waals surface area contributed by atoms with E-state index in [4.69, 9.17) is 0 Å². The van der Waals surface area contributed by atoms with Gasteiger partial charge < -0.3 is 10.6 Å². The molecule has 0 aliphatic carbocycles. The third kappa shape index (κ3) is 2.77. The van der Waals surface area contributed by atoms with Gasteiger partial charge in [0.1, 0.15) is 6.04 Å². The Kier molecular flexibility index (Phi) is 3.41. The summed E-state index contributed by atoms with van der Waals surface area (Å²) >= 11 is 1.36. The maximum absolute atomic E-state index is 11.9. The van der Waals surface area contributed by atoms with E-state index in [0.717, 1.165) is 0 Å². The highest BCUT2D eigenvalue weighted by molar-refractivity contribution is 7.12. The Morgan fingerprint density at radius 2 is 1.90 bits per heavy atom. The van der Waals surface area contributed by atoms with E-state index in [2.05, 4.69) is 16.0 Å². The molecule has 1 fully saturated rings. The van der Waals surface area contributed by atoms with Crippen LogP contribution in [0.2, 0.25) is 0 Å². The SMILES string of the molecule is O=C1NC(=O)C(c2ccc(NC(=O)c3cccs3)cc2)N1. The predicted molar refractivity (Wildman–Crippen MR) is 78.1 cm³/mol. The first-order chi connectivity index (χ1) is 10.1. The van der Waals surface area contributed by atoms with Crippen LogP contribution in [0.3, 0.4) is 0 Å². The first-order valence-corrected chi connectivity index (χ1v) is 7.07. The second-order valence-corrected chi connectivity index (χ2v) is 5.40. The van der Waals surface area contributed by atoms with Gasteiger partial charge in [0.15, 0.2) is 0 Å². The fourth-order valence-corrected chi connectivity index (χ4v) is 2.63. The predicted octanol–water partition coefficient (Wildman–Crippen LogP) is 1.88. The number of carbonyl (C=O) groups excluding carboxylic acids is 3. The van der Waals surface area contributed by atoms with Crippen LogP contribution in [0.5, 0.6) is 0 Å². The van der Waals surface area contributed by atoms with E-state index >= 15 is 0 Å². The maximum Gasteiger partial charge on any atom is 0.322 e. The third-order valence-corrected chi connectivity index (χ3v) is 3.89. The lowest BCUT2D eigenvalue weighted by Crippen LogP contribution is -2.22. The van der Waals surface area contributed by atoms with E-state index in [-0.39, 0.29) is 11.8 Å². The zero-order valence-corrected chi connectivity index (χ0v) is 11.6. The van der Waals surface area contributed by atoms with Crippen LogP contribution in [0, 0.1) is 0 Å². The van der Waals surface area contributed by atoms with Gasteiger partial charge in [0.2, 0.25) is 0 Å². The molecule has 1 saturated heterocycles. The van der Waals surface area contributed by atoms with E-state index in [1.807, 2.05) is 11.4 Å². The molecule has 0 saturated carbocycles. The van der Waals surface area contributed by atoms with Crippen LogP contribution in [0.15, 0.2) is 41.8 Å². The van der Waals surface area contributed by atoms with Crippen LogP contribution in [-0.2, 0) is 4.79 Å². The number of thiophene rings is 1. The highest BCUT2D eigenvalue weighted by atomic mass is 32.1. The summed E-state index contributed by atoms with van der Waals surface area (Å²) in [5, 5.41) is 9.29. The highest BCUT2D eigenvalue weighted by Crippen LogP contribution is 2.20. The van der Waals surface area contributed by atoms with Crippen molar-refractivity contribution in [3.63, 3.8) is 0 Å². The van der Waals surface area contributed by atoms with Crippen molar-refractivity contribution in [3.05, 3.63) is 52.2 Å². The molecular weight excluding hydrogens is 290 g/mol. The summed E-state index contributed by atoms with van der Waals surface area (Å²) in [6, 6.07) is 9.15. The first-order valence-electron chi connectivity index (χ1n) is 6.19. The second kappa shape index (κ2) is 5.37. The summed E-state index contributed by atoms with van der Waals surface area (Å²) in [6.07, 6.45) is 0. The molecule has 3 N–H and O–H groups in total. The van der Waals surface area contributed by atoms with Gasteiger partial charge in [-0.25, -0.2) is 4.79 Å². The average molecular weight is 301 g/mol. The van der Waals surface area contributed by atoms with E-state index in [9.17, 15) is 14.4 Å². The standard InChI is InChI=1S/C14H11N3O3S/c18-12(10-2-1-7-21-10)15-9-5-3-8(4-6-9)11-13(19)17-14(20)16-11/h1-7,11H,(H,15,18)(H2,16,17,19,20). The molecule has 1 aromatic heterocycles. The number of benzene rings is 1. The molecule has 106 valence electrons. The molecule has 6 nitrogen and oxygen atoms in total. The minimum absolute atomic E-state index is 0.176. The lowest BCUT2D eigenvalue weighted by molar-refractivity contribution is -0.120. The summed E-state index contributed by atoms with van der Waals surface area (Å²) in [6.45, 7) is 0. The number of amides is 4. The second-order valence-electron chi connectivity index (χ2n) is 4.45. The number of hydrogen-bond acceptors (Lipinski definition) is 4. The summed E-state index contributed by atoms with van der Waals surface area (Å²) in [4.78, 5) is 35.1. The molecule has 1 atom stereocenters. The molecule has 4 amide bonds. The Hall–Kier alpha value is -2.67. The molecule has 0 spiro atoms. The molecule has 2 heterocycles. The Bertz CT molecular complexity index is 695. The van der Waals surface area contributed by atoms with Crippen LogP contribution in [-0.4, -0.2) is 17.8 Å². The Morgan fingerprint density at radius 1 is 1.14 bits per heavy atom. The van der Waals surface area contributed by atoms with Crippen molar-refractivity contribution in [1.82, 2.24) is 10.6 Å². The Balaban J connectivity index is 1.71. The number of nitrogens with one attached hydrogen (secondary N) is 3. The monoisotopic (exact) mass is 301 g/mol. The van der Waals surface area contributed by atoms with Crippen molar-refractivity contribution in [2.45, 2.75) is 6.04 Å². The minimum atomic E-state index is -0.681. The van der Waals surface area contributed by atoms with Gasteiger partial charge in [-0.1, -0.05) is 18.2 Å². The smallest absolute Gasteiger partial charge is 0.322 e. The van der Waals surface area contributed by atoms with Crippen molar-refractivity contribution >= 4 is 34.9 Å². The van der Waals surface area contributed by atoms with Gasteiger partial charge in [0.05, 0.1) is 4.88 Å². The number of carbonyl (C=O) groups is 3. The average Bonchev–Trinajstić information content (AvgIpc) is 3.09. The number of imide groups is 1. The minimum Gasteiger partial charge on any atom is -0.322 e. The van der Waals surface area contributed by atoms with E-state index in [1.54, 1.807) is 30.3 Å². The van der Waals surface area contributed by atoms with Crippen molar-refractivity contribution in [2.75, 3.05) is 5.32 Å². The maximum atomic E-state index is 11.9. The van der Waals surface area contributed by atoms with Crippen LogP contribution in [0.1, 0.15) is 21.3 Å². The van der Waals surface area contributed by atoms with Gasteiger partial charge >= 0.3 is 6.03 Å². The summed E-state index contributed by atoms with van der Waals surface area (Å²) in [7, 11) is 0. The zero-order valence-electron chi connectivity index (χ0n) is 10.8. The number of rotatable bonds is 3. The van der Waals surface area contributed by atoms with Gasteiger partial charge in [-0.15, -0.1) is 11.3 Å². The summed E-state index contributed by atoms with van der Waals surface area (Å²) < 4.78 is 0. The van der Waals surface area contributed by atoms with E-state index < -0.39 is 12.1 Å². The van der Waals surface area contributed by atoms with E-state index in [0.29, 0.717) is 16.1 Å². The van der Waals surface area contributed by atoms with Crippen molar-refractivity contribution in [2.24, 2.45) is 0 Å². The summed E-state index contributed by atoms with van der Waals surface area (Å²) in [5.41, 5.74) is 1.29. The van der Waals surface area contributed by atoms with Crippen LogP contribution in [0.25, 0.3) is 0 Å². The molecule has 1 aliphatic heterocycles. The van der Waals surface area contributed by atoms with Gasteiger partial charge in [-0.3, -0.25) is 14.9 Å². The molecule has 2 aromatic rings. The number of urea groups is 1. The lowest BCUT2D eigenvalue weighted by atomic mass is 10.1. The van der Waals surface area contributed by atoms with Gasteiger partial charge in [0.25, 0.3) is 11.8 Å². The molecule has 0 radical (unpaired) electrons. The first kappa shape index (κ1) is 13.3. The highest BCUT2D eigenvalue weighted by Gasteiger charge is 2.30. The van der Waals surface area contributed by atoms with Crippen LogP contribution in [0.4, 0.5) is 10.5 Å². The van der Waals surface area contributed by atoms with Crippen molar-refractivity contribution in [3.8, 4) is 0 Å². The van der Waals surface area contributed by atoms with Crippen LogP contribution < -0.4 is 16.0 Å². The lowest BCUT2D eigenvalue weighted by Gasteiger charge is -2.09. The van der Waals surface area contributed by atoms with Gasteiger partial charge in [-0.2, -0.15) is 0 Å². The fourth-order valence-electron chi connectivity index (χ4n) is 2.01. The third-order valence-electron chi connectivity index (χ3n) is 3.02. The van der Waals surface area contributed by atoms with Gasteiger partial charge in [-0.05, 0) is 29.1 Å². The molecule has 1 aromatic carbocycles. The Morgan fingerprint density at radius 3 is 2.48 bits per heavy atom. The van der Waals surface area contributed by atoms with E-state index in [1.165, 1.54) is 11.3 Å². The van der Waals surface area contributed by atoms with Gasteiger partial charge in [0, 0.05) is 5.69 Å². The topological polar surface area (TPSA) is 87.3 Å². The molecule has 7 heteroatoms. The molecule has 1 aliphatic rings. The number of hydrogen-bond donors (Lipinski definition) is 3. The molecule has 3 rings (SSSR count). The quantitative estimate of drug-likeness (QED) is 0.756. The molecule has 0 bridgehead atoms. The Labute approximate surface area is 124 Å². The molecule has 21 heavy (non-hydrogen) atoms. The fraction of sp³-hybridized carbons (Fsp3) is 0.0714. The molecule has 1 unspecified atom stereocenters. The summed E-state index contributed by atoms with van der Waals surface area (Å²) in [5.74, 6) is -0.556. The normalized spacial score (nSPS) is 17.2. The molecular formula is C14H11N3O3S. The largest absolute Gasteiger partial charge is 0.322 e. The number of anilines is 1.